The van der Waals surface area contributed by atoms with Gasteiger partial charge in [0.05, 0.1) is 5.69 Å². The number of halogens is 1. The first kappa shape index (κ1) is 25.2. The molecule has 0 aromatic carbocycles. The highest BCUT2D eigenvalue weighted by atomic mass is 127. The molecular weight excluding hydrogens is 481 g/mol. The van der Waals surface area contributed by atoms with Gasteiger partial charge in [0.15, 0.2) is 11.7 Å². The third-order valence-corrected chi connectivity index (χ3v) is 4.74. The van der Waals surface area contributed by atoms with E-state index >= 15 is 0 Å². The van der Waals surface area contributed by atoms with Crippen LogP contribution in [0.2, 0.25) is 0 Å². The predicted octanol–water partition coefficient (Wildman–Crippen LogP) is 3.89. The molecule has 0 fully saturated rings. The van der Waals surface area contributed by atoms with Crippen LogP contribution >= 0.6 is 24.0 Å². The first-order valence-electron chi connectivity index (χ1n) is 10.3. The van der Waals surface area contributed by atoms with Crippen LogP contribution in [0.15, 0.2) is 44.8 Å². The molecule has 2 aromatic heterocycles. The molecule has 2 N–H and O–H groups in total. The van der Waals surface area contributed by atoms with Crippen molar-refractivity contribution < 1.29 is 4.52 Å². The quantitative estimate of drug-likeness (QED) is 0.205. The normalized spacial score (nSPS) is 11.4. The van der Waals surface area contributed by atoms with Crippen molar-refractivity contribution in [3.63, 3.8) is 0 Å². The number of guanidine groups is 1. The lowest BCUT2D eigenvalue weighted by Crippen LogP contribution is -2.37. The zero-order valence-electron chi connectivity index (χ0n) is 17.7. The van der Waals surface area contributed by atoms with E-state index in [1.807, 2.05) is 25.3 Å². The lowest BCUT2D eigenvalue weighted by molar-refractivity contribution is 0.372. The second kappa shape index (κ2) is 14.2. The Morgan fingerprint density at radius 3 is 2.69 bits per heavy atom. The summed E-state index contributed by atoms with van der Waals surface area (Å²) in [5, 5.41) is 10.8. The van der Waals surface area contributed by atoms with Crippen LogP contribution in [0, 0.1) is 0 Å². The molecular formula is C21H34IN5O2. The molecule has 29 heavy (non-hydrogen) atoms. The Kier molecular flexibility index (Phi) is 12.3. The molecule has 0 atom stereocenters. The Balaban J connectivity index is 0.00000420. The number of nitrogens with zero attached hydrogens (tertiary/aromatic N) is 3. The van der Waals surface area contributed by atoms with Gasteiger partial charge in [-0.1, -0.05) is 25.1 Å². The first-order chi connectivity index (χ1) is 13.7. The highest BCUT2D eigenvalue weighted by molar-refractivity contribution is 14.0. The third-order valence-electron chi connectivity index (χ3n) is 4.74. The molecule has 7 nitrogen and oxygen atoms in total. The average Bonchev–Trinajstić information content (AvgIpc) is 3.17. The lowest BCUT2D eigenvalue weighted by Gasteiger charge is -2.11. The molecule has 0 spiro atoms. The Bertz CT molecular complexity index is 783. The number of aliphatic imine (C=N–C) groups is 1. The van der Waals surface area contributed by atoms with E-state index in [2.05, 4.69) is 34.6 Å². The first-order valence-corrected chi connectivity index (χ1v) is 10.3. The van der Waals surface area contributed by atoms with Gasteiger partial charge in [0.25, 0.3) is 0 Å². The second-order valence-electron chi connectivity index (χ2n) is 6.79. The number of rotatable bonds is 11. The minimum Gasteiger partial charge on any atom is -0.359 e. The molecule has 0 saturated heterocycles. The van der Waals surface area contributed by atoms with Crippen molar-refractivity contribution in [2.24, 2.45) is 4.99 Å². The summed E-state index contributed by atoms with van der Waals surface area (Å²) in [5.74, 6) is 1.99. The van der Waals surface area contributed by atoms with E-state index in [0.717, 1.165) is 62.7 Å². The Morgan fingerprint density at radius 2 is 2.00 bits per heavy atom. The second-order valence-corrected chi connectivity index (χ2v) is 6.79. The van der Waals surface area contributed by atoms with E-state index in [9.17, 15) is 4.79 Å². The smallest absolute Gasteiger partial charge is 0.250 e. The SMILES string of the molecule is CCNC(=NCc1cc(C(CC)CC)no1)NCCCCn1ccccc1=O.I. The molecule has 0 amide bonds. The van der Waals surface area contributed by atoms with Gasteiger partial charge in [0, 0.05) is 43.9 Å². The number of nitrogens with one attached hydrogen (secondary N) is 2. The summed E-state index contributed by atoms with van der Waals surface area (Å²) >= 11 is 0. The summed E-state index contributed by atoms with van der Waals surface area (Å²) < 4.78 is 7.17. The average molecular weight is 515 g/mol. The molecule has 2 heterocycles. The standard InChI is InChI=1S/C21H33N5O2.HI/c1-4-17(5-2)19-15-18(28-25-19)16-24-21(22-6-3)23-12-8-10-14-26-13-9-7-11-20(26)27;/h7,9,11,13,15,17H,4-6,8,10,12,14,16H2,1-3H3,(H2,22,23,24);1H. The van der Waals surface area contributed by atoms with Gasteiger partial charge < -0.3 is 19.7 Å². The van der Waals surface area contributed by atoms with Crippen LogP contribution in [0.25, 0.3) is 0 Å². The summed E-state index contributed by atoms with van der Waals surface area (Å²) in [5.41, 5.74) is 1.06. The summed E-state index contributed by atoms with van der Waals surface area (Å²) in [6, 6.07) is 7.25. The molecule has 0 aliphatic heterocycles. The zero-order valence-corrected chi connectivity index (χ0v) is 20.0. The summed E-state index contributed by atoms with van der Waals surface area (Å²) in [6.45, 7) is 9.15. The number of aryl methyl sites for hydroxylation is 1. The fourth-order valence-corrected chi connectivity index (χ4v) is 3.06. The number of hydrogen-bond acceptors (Lipinski definition) is 4. The fraction of sp³-hybridized carbons (Fsp3) is 0.571. The van der Waals surface area contributed by atoms with Gasteiger partial charge in [-0.3, -0.25) is 4.79 Å². The van der Waals surface area contributed by atoms with Crippen LogP contribution < -0.4 is 16.2 Å². The number of hydrogen-bond donors (Lipinski definition) is 2. The van der Waals surface area contributed by atoms with Crippen LogP contribution in [-0.4, -0.2) is 28.8 Å². The van der Waals surface area contributed by atoms with Crippen molar-refractivity contribution in [2.75, 3.05) is 13.1 Å². The van der Waals surface area contributed by atoms with Gasteiger partial charge in [0.2, 0.25) is 5.56 Å². The maximum absolute atomic E-state index is 11.7. The van der Waals surface area contributed by atoms with Crippen LogP contribution in [0.1, 0.15) is 63.8 Å². The Hall–Kier alpha value is -1.84. The molecule has 0 radical (unpaired) electrons. The van der Waals surface area contributed by atoms with Crippen LogP contribution in [-0.2, 0) is 13.1 Å². The van der Waals surface area contributed by atoms with Crippen molar-refractivity contribution in [1.82, 2.24) is 20.4 Å². The van der Waals surface area contributed by atoms with Gasteiger partial charge in [-0.05, 0) is 38.7 Å². The van der Waals surface area contributed by atoms with Crippen LogP contribution in [0.4, 0.5) is 0 Å². The van der Waals surface area contributed by atoms with Crippen molar-refractivity contribution >= 4 is 29.9 Å². The van der Waals surface area contributed by atoms with Gasteiger partial charge in [0.1, 0.15) is 6.54 Å². The van der Waals surface area contributed by atoms with Crippen molar-refractivity contribution in [2.45, 2.75) is 65.5 Å². The Morgan fingerprint density at radius 1 is 1.21 bits per heavy atom. The van der Waals surface area contributed by atoms with E-state index in [0.29, 0.717) is 12.5 Å². The fourth-order valence-electron chi connectivity index (χ4n) is 3.06. The summed E-state index contributed by atoms with van der Waals surface area (Å²) in [4.78, 5) is 16.3. The van der Waals surface area contributed by atoms with Gasteiger partial charge in [-0.2, -0.15) is 0 Å². The molecule has 0 aliphatic carbocycles. The molecule has 0 aliphatic rings. The largest absolute Gasteiger partial charge is 0.359 e. The third kappa shape index (κ3) is 8.59. The van der Waals surface area contributed by atoms with Crippen LogP contribution in [0.3, 0.4) is 0 Å². The van der Waals surface area contributed by atoms with Gasteiger partial charge in [-0.25, -0.2) is 4.99 Å². The van der Waals surface area contributed by atoms with E-state index in [-0.39, 0.29) is 29.5 Å². The molecule has 0 unspecified atom stereocenters. The van der Waals surface area contributed by atoms with E-state index in [1.54, 1.807) is 16.7 Å². The van der Waals surface area contributed by atoms with Gasteiger partial charge >= 0.3 is 0 Å². The minimum absolute atomic E-state index is 0. The number of unbranched alkanes of at least 4 members (excludes halogenated alkanes) is 1. The topological polar surface area (TPSA) is 84.4 Å². The van der Waals surface area contributed by atoms with Gasteiger partial charge in [-0.15, -0.1) is 24.0 Å². The molecule has 2 rings (SSSR count). The predicted molar refractivity (Wildman–Crippen MR) is 128 cm³/mol. The number of pyridine rings is 1. The van der Waals surface area contributed by atoms with E-state index < -0.39 is 0 Å². The summed E-state index contributed by atoms with van der Waals surface area (Å²) in [7, 11) is 0. The molecule has 0 bridgehead atoms. The monoisotopic (exact) mass is 515 g/mol. The molecule has 162 valence electrons. The van der Waals surface area contributed by atoms with E-state index in [4.69, 9.17) is 4.52 Å². The number of aromatic nitrogens is 2. The van der Waals surface area contributed by atoms with Crippen LogP contribution in [0.5, 0.6) is 0 Å². The van der Waals surface area contributed by atoms with Crippen molar-refractivity contribution in [3.05, 3.63) is 52.3 Å². The summed E-state index contributed by atoms with van der Waals surface area (Å²) in [6.07, 6.45) is 5.83. The highest BCUT2D eigenvalue weighted by Crippen LogP contribution is 2.22. The van der Waals surface area contributed by atoms with Crippen molar-refractivity contribution in [1.29, 1.82) is 0 Å². The lowest BCUT2D eigenvalue weighted by atomic mass is 9.99. The zero-order chi connectivity index (χ0) is 20.2. The maximum atomic E-state index is 11.7. The maximum Gasteiger partial charge on any atom is 0.250 e. The minimum atomic E-state index is 0. The Labute approximate surface area is 190 Å². The molecule has 8 heteroatoms. The highest BCUT2D eigenvalue weighted by Gasteiger charge is 2.12. The van der Waals surface area contributed by atoms with E-state index in [1.165, 1.54) is 0 Å². The molecule has 2 aromatic rings. The van der Waals surface area contributed by atoms with Crippen molar-refractivity contribution in [3.8, 4) is 0 Å². The molecule has 0 saturated carbocycles.